The summed E-state index contributed by atoms with van der Waals surface area (Å²) in [5, 5.41) is 0. The molecule has 1 aliphatic heterocycles. The molecule has 2 nitrogen and oxygen atoms in total. The first kappa shape index (κ1) is 15.6. The van der Waals surface area contributed by atoms with E-state index in [1.807, 2.05) is 12.1 Å². The Hall–Kier alpha value is -1.93. The Kier molecular flexibility index (Phi) is 4.48. The van der Waals surface area contributed by atoms with Gasteiger partial charge in [-0.15, -0.1) is 0 Å². The Morgan fingerprint density at radius 1 is 0.875 bits per heavy atom. The number of Topliss-reactive ketones (excluding diaryl/α,β-unsaturated/α-hetero) is 1. The van der Waals surface area contributed by atoms with E-state index in [-0.39, 0.29) is 5.92 Å². The molecule has 2 unspecified atom stereocenters. The summed E-state index contributed by atoms with van der Waals surface area (Å²) < 4.78 is 0. The van der Waals surface area contributed by atoms with Crippen molar-refractivity contribution in [2.75, 3.05) is 19.6 Å². The number of fused-ring (bicyclic) bond motifs is 1. The van der Waals surface area contributed by atoms with E-state index in [2.05, 4.69) is 47.4 Å². The summed E-state index contributed by atoms with van der Waals surface area (Å²) in [5.74, 6) is 0.821. The third-order valence-electron chi connectivity index (χ3n) is 5.62. The number of nitrogens with zero attached hydrogens (tertiary/aromatic N) is 1. The van der Waals surface area contributed by atoms with Crippen molar-refractivity contribution < 1.29 is 4.79 Å². The summed E-state index contributed by atoms with van der Waals surface area (Å²) in [6.45, 7) is 3.24. The topological polar surface area (TPSA) is 20.3 Å². The van der Waals surface area contributed by atoms with Crippen LogP contribution in [0, 0.1) is 5.92 Å². The highest BCUT2D eigenvalue weighted by Gasteiger charge is 2.35. The van der Waals surface area contributed by atoms with Gasteiger partial charge in [0.1, 0.15) is 0 Å². The first-order chi connectivity index (χ1) is 11.8. The Morgan fingerprint density at radius 3 is 2.38 bits per heavy atom. The fourth-order valence-electron chi connectivity index (χ4n) is 4.38. The second-order valence-corrected chi connectivity index (χ2v) is 7.21. The first-order valence-corrected chi connectivity index (χ1v) is 9.23. The Morgan fingerprint density at radius 2 is 1.58 bits per heavy atom. The predicted octanol–water partition coefficient (Wildman–Crippen LogP) is 4.51. The molecular formula is C22H25NO. The Balaban J connectivity index is 1.65. The molecule has 2 aromatic rings. The van der Waals surface area contributed by atoms with Crippen molar-refractivity contribution in [1.82, 2.24) is 4.90 Å². The van der Waals surface area contributed by atoms with E-state index in [9.17, 15) is 4.79 Å². The van der Waals surface area contributed by atoms with Gasteiger partial charge in [-0.2, -0.15) is 0 Å². The van der Waals surface area contributed by atoms with Gasteiger partial charge in [-0.1, -0.05) is 61.0 Å². The quantitative estimate of drug-likeness (QED) is 0.830. The summed E-state index contributed by atoms with van der Waals surface area (Å²) >= 11 is 0. The molecule has 1 aliphatic carbocycles. The lowest BCUT2D eigenvalue weighted by Gasteiger charge is -2.35. The number of carbonyl (C=O) groups is 1. The number of ketones is 1. The number of hydrogen-bond donors (Lipinski definition) is 0. The summed E-state index contributed by atoms with van der Waals surface area (Å²) in [5.41, 5.74) is 3.49. The maximum absolute atomic E-state index is 13.0. The second-order valence-electron chi connectivity index (χ2n) is 7.21. The molecular weight excluding hydrogens is 294 g/mol. The molecule has 0 spiro atoms. The molecule has 2 aromatic carbocycles. The van der Waals surface area contributed by atoms with E-state index >= 15 is 0 Å². The van der Waals surface area contributed by atoms with E-state index in [0.29, 0.717) is 11.7 Å². The van der Waals surface area contributed by atoms with Crippen LogP contribution in [-0.2, 0) is 0 Å². The monoisotopic (exact) mass is 319 g/mol. The zero-order chi connectivity index (χ0) is 16.4. The molecule has 0 saturated carbocycles. The van der Waals surface area contributed by atoms with Crippen molar-refractivity contribution in [3.8, 4) is 0 Å². The van der Waals surface area contributed by atoms with E-state index in [4.69, 9.17) is 0 Å². The van der Waals surface area contributed by atoms with Crippen LogP contribution in [-0.4, -0.2) is 30.3 Å². The molecule has 0 radical (unpaired) electrons. The van der Waals surface area contributed by atoms with Crippen molar-refractivity contribution >= 4 is 5.78 Å². The molecule has 4 rings (SSSR count). The van der Waals surface area contributed by atoms with Crippen LogP contribution in [0.5, 0.6) is 0 Å². The van der Waals surface area contributed by atoms with Crippen molar-refractivity contribution in [1.29, 1.82) is 0 Å². The van der Waals surface area contributed by atoms with Crippen LogP contribution in [0.25, 0.3) is 0 Å². The summed E-state index contributed by atoms with van der Waals surface area (Å²) in [6.07, 6.45) is 4.83. The van der Waals surface area contributed by atoms with E-state index in [1.165, 1.54) is 30.4 Å². The highest BCUT2D eigenvalue weighted by Crippen LogP contribution is 2.39. The smallest absolute Gasteiger partial charge is 0.167 e. The number of likely N-dealkylation sites (tertiary alicyclic amines) is 1. The highest BCUT2D eigenvalue weighted by molar-refractivity contribution is 6.01. The predicted molar refractivity (Wildman–Crippen MR) is 97.5 cm³/mol. The first-order valence-electron chi connectivity index (χ1n) is 9.23. The number of piperidine rings is 1. The van der Waals surface area contributed by atoms with Gasteiger partial charge in [0.05, 0.1) is 0 Å². The number of benzene rings is 2. The normalized spacial score (nSPS) is 24.6. The Bertz CT molecular complexity index is 703. The van der Waals surface area contributed by atoms with E-state index < -0.39 is 0 Å². The van der Waals surface area contributed by atoms with Gasteiger partial charge >= 0.3 is 0 Å². The molecule has 1 heterocycles. The van der Waals surface area contributed by atoms with Gasteiger partial charge < -0.3 is 4.90 Å². The summed E-state index contributed by atoms with van der Waals surface area (Å²) in [7, 11) is 0. The molecule has 24 heavy (non-hydrogen) atoms. The lowest BCUT2D eigenvalue weighted by molar-refractivity contribution is 0.0838. The van der Waals surface area contributed by atoms with Crippen molar-refractivity contribution in [3.63, 3.8) is 0 Å². The van der Waals surface area contributed by atoms with Gasteiger partial charge in [0.25, 0.3) is 0 Å². The summed E-state index contributed by atoms with van der Waals surface area (Å²) in [6, 6.07) is 18.9. The molecule has 2 aliphatic rings. The minimum atomic E-state index is 0.128. The minimum absolute atomic E-state index is 0.128. The highest BCUT2D eigenvalue weighted by atomic mass is 16.1. The Labute approximate surface area is 144 Å². The van der Waals surface area contributed by atoms with E-state index in [0.717, 1.165) is 31.6 Å². The molecule has 0 bridgehead atoms. The third kappa shape index (κ3) is 3.03. The molecule has 0 aromatic heterocycles. The maximum atomic E-state index is 13.0. The maximum Gasteiger partial charge on any atom is 0.167 e. The van der Waals surface area contributed by atoms with Gasteiger partial charge in [0.15, 0.2) is 5.78 Å². The van der Waals surface area contributed by atoms with E-state index in [1.54, 1.807) is 0 Å². The van der Waals surface area contributed by atoms with Gasteiger partial charge in [-0.3, -0.25) is 4.79 Å². The molecule has 0 amide bonds. The minimum Gasteiger partial charge on any atom is -0.303 e. The van der Waals surface area contributed by atoms with Gasteiger partial charge in [-0.25, -0.2) is 0 Å². The molecule has 2 atom stereocenters. The third-order valence-corrected chi connectivity index (χ3v) is 5.62. The average molecular weight is 319 g/mol. The van der Waals surface area contributed by atoms with Crippen molar-refractivity contribution in [2.24, 2.45) is 5.92 Å². The molecule has 124 valence electrons. The lowest BCUT2D eigenvalue weighted by Crippen LogP contribution is -2.39. The molecule has 0 N–H and O–H groups in total. The van der Waals surface area contributed by atoms with Crippen molar-refractivity contribution in [3.05, 3.63) is 71.3 Å². The standard InChI is InChI=1S/C22H25NO/c24-22-18(16-23-13-7-2-8-14-23)15-21(17-9-3-1-4-10-17)19-11-5-6-12-20(19)22/h1,3-6,9-12,18,21H,2,7-8,13-16H2. The van der Waals surface area contributed by atoms with Crippen molar-refractivity contribution in [2.45, 2.75) is 31.6 Å². The zero-order valence-corrected chi connectivity index (χ0v) is 14.2. The summed E-state index contributed by atoms with van der Waals surface area (Å²) in [4.78, 5) is 15.5. The van der Waals surface area contributed by atoms with Crippen LogP contribution in [0.15, 0.2) is 54.6 Å². The average Bonchev–Trinajstić information content (AvgIpc) is 2.66. The fraction of sp³-hybridized carbons (Fsp3) is 0.409. The van der Waals surface area contributed by atoms with Gasteiger partial charge in [-0.05, 0) is 43.5 Å². The number of carbonyl (C=O) groups excluding carboxylic acids is 1. The van der Waals surface area contributed by atoms with Crippen LogP contribution < -0.4 is 0 Å². The molecule has 1 fully saturated rings. The van der Waals surface area contributed by atoms with Crippen LogP contribution in [0.1, 0.15) is 53.1 Å². The largest absolute Gasteiger partial charge is 0.303 e. The van der Waals surface area contributed by atoms with Crippen LogP contribution in [0.3, 0.4) is 0 Å². The van der Waals surface area contributed by atoms with Crippen LogP contribution in [0.2, 0.25) is 0 Å². The van der Waals surface area contributed by atoms with Gasteiger partial charge in [0, 0.05) is 23.9 Å². The number of hydrogen-bond acceptors (Lipinski definition) is 2. The lowest BCUT2D eigenvalue weighted by atomic mass is 9.73. The zero-order valence-electron chi connectivity index (χ0n) is 14.2. The SMILES string of the molecule is O=C1c2ccccc2C(c2ccccc2)CC1CN1CCCCC1. The number of rotatable bonds is 3. The molecule has 1 saturated heterocycles. The fourth-order valence-corrected chi connectivity index (χ4v) is 4.38. The van der Waals surface area contributed by atoms with Crippen LogP contribution >= 0.6 is 0 Å². The second kappa shape index (κ2) is 6.90. The van der Waals surface area contributed by atoms with Gasteiger partial charge in [0.2, 0.25) is 0 Å². The van der Waals surface area contributed by atoms with Crippen LogP contribution in [0.4, 0.5) is 0 Å². The molecule has 2 heteroatoms.